The number of anilines is 1. The molecular weight excluding hydrogens is 210 g/mol. The molecule has 0 saturated carbocycles. The molecule has 1 N–H and O–H groups in total. The van der Waals surface area contributed by atoms with Crippen molar-refractivity contribution in [1.29, 1.82) is 0 Å². The number of allylic oxidation sites excluding steroid dienone is 1. The smallest absolute Gasteiger partial charge is 0 e. The summed E-state index contributed by atoms with van der Waals surface area (Å²) in [7, 11) is 0. The fourth-order valence-corrected chi connectivity index (χ4v) is 1.62. The molecule has 0 saturated heterocycles. The number of fused-ring (bicyclic) bond motifs is 1. The van der Waals surface area contributed by atoms with Crippen molar-refractivity contribution < 1.29 is 17.4 Å². The van der Waals surface area contributed by atoms with Crippen molar-refractivity contribution in [2.75, 3.05) is 5.32 Å². The minimum absolute atomic E-state index is 0. The Bertz CT molecular complexity index is 344. The molecule has 0 radical (unpaired) electrons. The number of nitrogens with one attached hydrogen (secondary N) is 1. The number of benzene rings is 1. The maximum atomic E-state index is 3.27. The first-order valence-corrected chi connectivity index (χ1v) is 4.71. The Balaban J connectivity index is 0.000000980. The standard InChI is InChI=1S/C12H14N.Cr/c1-3-10-4-5-11-9(2)6-7-13-12(11)8-10;/h4-8,13H,3H2,1-2H3;/q-1;. The number of rotatable bonds is 1. The summed E-state index contributed by atoms with van der Waals surface area (Å²) < 4.78 is 0. The van der Waals surface area contributed by atoms with Gasteiger partial charge in [0.2, 0.25) is 0 Å². The summed E-state index contributed by atoms with van der Waals surface area (Å²) in [6.07, 6.45) is 5.20. The van der Waals surface area contributed by atoms with Gasteiger partial charge in [-0.25, -0.2) is 0 Å². The molecule has 0 aromatic heterocycles. The van der Waals surface area contributed by atoms with Crippen LogP contribution in [0.1, 0.15) is 25.0 Å². The molecule has 0 amide bonds. The van der Waals surface area contributed by atoms with Crippen LogP contribution in [0.2, 0.25) is 0 Å². The third-order valence-electron chi connectivity index (χ3n) is 2.49. The molecule has 1 aliphatic heterocycles. The maximum absolute atomic E-state index is 3.27. The van der Waals surface area contributed by atoms with Crippen molar-refractivity contribution in [3.63, 3.8) is 0 Å². The fourth-order valence-electron chi connectivity index (χ4n) is 1.62. The molecule has 0 unspecified atom stereocenters. The molecule has 0 spiro atoms. The molecule has 2 heteroatoms. The van der Waals surface area contributed by atoms with Crippen LogP contribution in [0.25, 0.3) is 0 Å². The van der Waals surface area contributed by atoms with E-state index in [1.807, 2.05) is 6.20 Å². The summed E-state index contributed by atoms with van der Waals surface area (Å²) in [5.74, 6) is 1.33. The predicted octanol–water partition coefficient (Wildman–Crippen LogP) is 3.13. The Morgan fingerprint density at radius 2 is 2.14 bits per heavy atom. The second-order valence-corrected chi connectivity index (χ2v) is 3.39. The largest absolute Gasteiger partial charge is 0.440 e. The molecule has 0 atom stereocenters. The first kappa shape index (κ1) is 11.2. The first-order chi connectivity index (χ1) is 6.31. The normalized spacial score (nSPS) is 12.9. The van der Waals surface area contributed by atoms with E-state index in [1.54, 1.807) is 0 Å². The van der Waals surface area contributed by atoms with Crippen molar-refractivity contribution in [3.05, 3.63) is 47.5 Å². The van der Waals surface area contributed by atoms with Gasteiger partial charge >= 0.3 is 0 Å². The summed E-state index contributed by atoms with van der Waals surface area (Å²) in [6, 6.07) is 6.62. The monoisotopic (exact) mass is 224 g/mol. The zero-order chi connectivity index (χ0) is 9.26. The van der Waals surface area contributed by atoms with Crippen LogP contribution in [0.5, 0.6) is 0 Å². The SMILES string of the molecule is CCc1ccc2c(c1)NC=C[C-]2C.[Cr]. The Kier molecular flexibility index (Phi) is 3.69. The van der Waals surface area contributed by atoms with Gasteiger partial charge in [0.1, 0.15) is 0 Å². The van der Waals surface area contributed by atoms with E-state index in [0.717, 1.165) is 6.42 Å². The van der Waals surface area contributed by atoms with Gasteiger partial charge < -0.3 is 5.32 Å². The van der Waals surface area contributed by atoms with Crippen LogP contribution in [0.15, 0.2) is 30.5 Å². The van der Waals surface area contributed by atoms with E-state index in [4.69, 9.17) is 0 Å². The summed E-state index contributed by atoms with van der Waals surface area (Å²) in [5, 5.41) is 3.27. The van der Waals surface area contributed by atoms with Gasteiger partial charge in [-0.3, -0.25) is 0 Å². The van der Waals surface area contributed by atoms with Crippen LogP contribution in [-0.4, -0.2) is 0 Å². The molecule has 1 heterocycles. The van der Waals surface area contributed by atoms with Gasteiger partial charge in [-0.1, -0.05) is 31.7 Å². The van der Waals surface area contributed by atoms with Crippen LogP contribution in [0.4, 0.5) is 5.69 Å². The number of aryl methyl sites for hydroxylation is 1. The van der Waals surface area contributed by atoms with Crippen LogP contribution in [-0.2, 0) is 23.8 Å². The molecule has 0 aliphatic carbocycles. The fraction of sp³-hybridized carbons (Fsp3) is 0.250. The second kappa shape index (κ2) is 4.59. The average molecular weight is 224 g/mol. The molecule has 1 aromatic carbocycles. The van der Waals surface area contributed by atoms with Gasteiger partial charge in [-0.2, -0.15) is 0 Å². The molecule has 0 bridgehead atoms. The molecule has 0 fully saturated rings. The summed E-state index contributed by atoms with van der Waals surface area (Å²) in [5.41, 5.74) is 3.94. The van der Waals surface area contributed by atoms with Crippen LogP contribution < -0.4 is 5.32 Å². The minimum atomic E-state index is 0. The van der Waals surface area contributed by atoms with Gasteiger partial charge in [-0.15, -0.1) is 29.7 Å². The van der Waals surface area contributed by atoms with E-state index in [-0.39, 0.29) is 17.4 Å². The topological polar surface area (TPSA) is 12.0 Å². The molecule has 74 valence electrons. The van der Waals surface area contributed by atoms with Gasteiger partial charge in [0, 0.05) is 17.4 Å². The summed E-state index contributed by atoms with van der Waals surface area (Å²) >= 11 is 0. The van der Waals surface area contributed by atoms with Crippen LogP contribution in [0.3, 0.4) is 0 Å². The van der Waals surface area contributed by atoms with Crippen molar-refractivity contribution in [2.45, 2.75) is 20.3 Å². The van der Waals surface area contributed by atoms with Crippen molar-refractivity contribution in [2.24, 2.45) is 0 Å². The van der Waals surface area contributed by atoms with E-state index in [0.29, 0.717) is 0 Å². The maximum Gasteiger partial charge on any atom is 0 e. The first-order valence-electron chi connectivity index (χ1n) is 4.71. The van der Waals surface area contributed by atoms with Crippen LogP contribution >= 0.6 is 0 Å². The van der Waals surface area contributed by atoms with Crippen LogP contribution in [0, 0.1) is 5.92 Å². The molecular formula is C12H14CrN-. The number of hydrogen-bond acceptors (Lipinski definition) is 1. The molecule has 2 rings (SSSR count). The van der Waals surface area contributed by atoms with Gasteiger partial charge in [-0.05, 0) is 12.1 Å². The Hall–Kier alpha value is -0.838. The average Bonchev–Trinajstić information content (AvgIpc) is 2.18. The Labute approximate surface area is 96.3 Å². The Morgan fingerprint density at radius 3 is 2.86 bits per heavy atom. The quantitative estimate of drug-likeness (QED) is 0.723. The number of hydrogen-bond donors (Lipinski definition) is 1. The van der Waals surface area contributed by atoms with E-state index >= 15 is 0 Å². The minimum Gasteiger partial charge on any atom is -0.440 e. The molecule has 1 aliphatic rings. The van der Waals surface area contributed by atoms with Gasteiger partial charge in [0.05, 0.1) is 0 Å². The molecule has 1 aromatic rings. The third kappa shape index (κ3) is 1.97. The summed E-state index contributed by atoms with van der Waals surface area (Å²) in [6.45, 7) is 4.32. The van der Waals surface area contributed by atoms with Gasteiger partial charge in [0.25, 0.3) is 0 Å². The van der Waals surface area contributed by atoms with E-state index in [2.05, 4.69) is 43.4 Å². The molecule has 1 nitrogen and oxygen atoms in total. The van der Waals surface area contributed by atoms with Crippen molar-refractivity contribution >= 4 is 5.69 Å². The zero-order valence-electron chi connectivity index (χ0n) is 8.50. The third-order valence-corrected chi connectivity index (χ3v) is 2.49. The zero-order valence-corrected chi connectivity index (χ0v) is 9.78. The van der Waals surface area contributed by atoms with E-state index in [9.17, 15) is 0 Å². The molecule has 14 heavy (non-hydrogen) atoms. The van der Waals surface area contributed by atoms with Crippen molar-refractivity contribution in [1.82, 2.24) is 0 Å². The Morgan fingerprint density at radius 1 is 1.36 bits per heavy atom. The second-order valence-electron chi connectivity index (χ2n) is 3.39. The summed E-state index contributed by atoms with van der Waals surface area (Å²) in [4.78, 5) is 0. The predicted molar refractivity (Wildman–Crippen MR) is 56.6 cm³/mol. The van der Waals surface area contributed by atoms with E-state index in [1.165, 1.54) is 22.7 Å². The van der Waals surface area contributed by atoms with E-state index < -0.39 is 0 Å². The van der Waals surface area contributed by atoms with Gasteiger partial charge in [0.15, 0.2) is 0 Å². The van der Waals surface area contributed by atoms with Crippen molar-refractivity contribution in [3.8, 4) is 0 Å².